The Labute approximate surface area is 116 Å². The van der Waals surface area contributed by atoms with Crippen LogP contribution in [0.1, 0.15) is 31.4 Å². The minimum Gasteiger partial charge on any atom is -0.345 e. The summed E-state index contributed by atoms with van der Waals surface area (Å²) < 4.78 is 38.0. The van der Waals surface area contributed by atoms with Crippen LogP contribution in [0.2, 0.25) is 0 Å². The summed E-state index contributed by atoms with van der Waals surface area (Å²) >= 11 is 0. The van der Waals surface area contributed by atoms with Crippen molar-refractivity contribution in [1.29, 1.82) is 0 Å². The first-order chi connectivity index (χ1) is 9.51. The molecule has 0 spiro atoms. The molecule has 0 amide bonds. The van der Waals surface area contributed by atoms with Crippen molar-refractivity contribution in [1.82, 2.24) is 10.3 Å². The Morgan fingerprint density at radius 1 is 1.20 bits per heavy atom. The van der Waals surface area contributed by atoms with Gasteiger partial charge in [0.05, 0.1) is 5.69 Å². The lowest BCUT2D eigenvalue weighted by Gasteiger charge is -2.25. The van der Waals surface area contributed by atoms with Crippen molar-refractivity contribution in [3.8, 4) is 0 Å². The number of pyridine rings is 1. The monoisotopic (exact) mass is 285 g/mol. The van der Waals surface area contributed by atoms with Gasteiger partial charge in [-0.25, -0.2) is 4.98 Å². The van der Waals surface area contributed by atoms with Gasteiger partial charge in [-0.2, -0.15) is 13.2 Å². The highest BCUT2D eigenvalue weighted by Gasteiger charge is 2.38. The zero-order valence-electron chi connectivity index (χ0n) is 11.2. The van der Waals surface area contributed by atoms with E-state index in [4.69, 9.17) is 0 Å². The third-order valence-corrected chi connectivity index (χ3v) is 3.57. The Hall–Kier alpha value is -1.30. The van der Waals surface area contributed by atoms with Crippen LogP contribution in [-0.2, 0) is 6.54 Å². The standard InChI is InChI=1S/C14H18F3N3/c15-14(16,17)9-20(12-6-7-12)13-3-1-2-11(19-13)8-18-10-4-5-10/h1-3,10,12,18H,4-9H2. The number of aromatic nitrogens is 1. The van der Waals surface area contributed by atoms with E-state index in [9.17, 15) is 13.2 Å². The molecule has 1 heterocycles. The van der Waals surface area contributed by atoms with Gasteiger partial charge in [0.15, 0.2) is 0 Å². The van der Waals surface area contributed by atoms with Crippen molar-refractivity contribution < 1.29 is 13.2 Å². The average molecular weight is 285 g/mol. The summed E-state index contributed by atoms with van der Waals surface area (Å²) in [6.07, 6.45) is -0.179. The van der Waals surface area contributed by atoms with Gasteiger partial charge >= 0.3 is 6.18 Å². The SMILES string of the molecule is FC(F)(F)CN(c1cccc(CNC2CC2)n1)C1CC1. The number of anilines is 1. The van der Waals surface area contributed by atoms with Crippen LogP contribution in [0, 0.1) is 0 Å². The van der Waals surface area contributed by atoms with Gasteiger partial charge < -0.3 is 10.2 Å². The molecule has 3 nitrogen and oxygen atoms in total. The van der Waals surface area contributed by atoms with Crippen molar-refractivity contribution >= 4 is 5.82 Å². The average Bonchev–Trinajstić information content (AvgIpc) is 3.27. The summed E-state index contributed by atoms with van der Waals surface area (Å²) in [5, 5.41) is 3.33. The number of alkyl halides is 3. The lowest BCUT2D eigenvalue weighted by atomic mass is 10.3. The molecule has 0 radical (unpaired) electrons. The first kappa shape index (κ1) is 13.7. The quantitative estimate of drug-likeness (QED) is 0.871. The van der Waals surface area contributed by atoms with Gasteiger partial charge in [0.2, 0.25) is 0 Å². The fourth-order valence-corrected chi connectivity index (χ4v) is 2.24. The smallest absolute Gasteiger partial charge is 0.345 e. The molecule has 0 bridgehead atoms. The summed E-state index contributed by atoms with van der Waals surface area (Å²) in [6.45, 7) is -0.285. The fourth-order valence-electron chi connectivity index (χ4n) is 2.24. The summed E-state index contributed by atoms with van der Waals surface area (Å²) in [5.74, 6) is 0.444. The van der Waals surface area contributed by atoms with E-state index in [1.165, 1.54) is 17.7 Å². The van der Waals surface area contributed by atoms with Crippen molar-refractivity contribution in [2.24, 2.45) is 0 Å². The van der Waals surface area contributed by atoms with Gasteiger partial charge in [-0.05, 0) is 37.8 Å². The number of hydrogen-bond donors (Lipinski definition) is 1. The summed E-state index contributed by atoms with van der Waals surface area (Å²) in [5.41, 5.74) is 0.808. The van der Waals surface area contributed by atoms with E-state index >= 15 is 0 Å². The highest BCUT2D eigenvalue weighted by atomic mass is 19.4. The van der Waals surface area contributed by atoms with Crippen LogP contribution in [0.15, 0.2) is 18.2 Å². The van der Waals surface area contributed by atoms with Gasteiger partial charge in [0.25, 0.3) is 0 Å². The van der Waals surface area contributed by atoms with E-state index in [2.05, 4.69) is 10.3 Å². The van der Waals surface area contributed by atoms with E-state index in [0.717, 1.165) is 18.5 Å². The van der Waals surface area contributed by atoms with Crippen molar-refractivity contribution in [3.05, 3.63) is 23.9 Å². The van der Waals surface area contributed by atoms with Gasteiger partial charge in [-0.1, -0.05) is 6.07 Å². The minimum atomic E-state index is -4.19. The molecule has 2 aliphatic carbocycles. The lowest BCUT2D eigenvalue weighted by molar-refractivity contribution is -0.120. The molecule has 2 fully saturated rings. The van der Waals surface area contributed by atoms with Crippen LogP contribution in [-0.4, -0.2) is 29.8 Å². The van der Waals surface area contributed by atoms with Gasteiger partial charge in [-0.15, -0.1) is 0 Å². The first-order valence-corrected chi connectivity index (χ1v) is 7.04. The van der Waals surface area contributed by atoms with Crippen LogP contribution >= 0.6 is 0 Å². The maximum Gasteiger partial charge on any atom is 0.405 e. The van der Waals surface area contributed by atoms with Crippen LogP contribution in [0.5, 0.6) is 0 Å². The molecule has 2 saturated carbocycles. The Kier molecular flexibility index (Phi) is 3.58. The van der Waals surface area contributed by atoms with Gasteiger partial charge in [0, 0.05) is 18.6 Å². The van der Waals surface area contributed by atoms with Gasteiger partial charge in [-0.3, -0.25) is 0 Å². The molecule has 6 heteroatoms. The second-order valence-corrected chi connectivity index (χ2v) is 5.62. The number of nitrogens with zero attached hydrogens (tertiary/aromatic N) is 2. The number of nitrogens with one attached hydrogen (secondary N) is 1. The van der Waals surface area contributed by atoms with E-state index < -0.39 is 12.7 Å². The Bertz CT molecular complexity index is 467. The molecule has 0 unspecified atom stereocenters. The molecule has 3 rings (SSSR count). The molecule has 0 aromatic carbocycles. The molecule has 0 saturated heterocycles. The summed E-state index contributed by atoms with van der Waals surface area (Å²) in [7, 11) is 0. The van der Waals surface area contributed by atoms with Crippen LogP contribution in [0.3, 0.4) is 0 Å². The summed E-state index contributed by atoms with van der Waals surface area (Å²) in [4.78, 5) is 5.77. The third-order valence-electron chi connectivity index (χ3n) is 3.57. The van der Waals surface area contributed by atoms with E-state index in [0.29, 0.717) is 18.4 Å². The van der Waals surface area contributed by atoms with E-state index in [1.807, 2.05) is 6.07 Å². The number of hydrogen-bond acceptors (Lipinski definition) is 3. The molecular weight excluding hydrogens is 267 g/mol. The molecule has 0 atom stereocenters. The van der Waals surface area contributed by atoms with Crippen molar-refractivity contribution in [3.63, 3.8) is 0 Å². The predicted molar refractivity (Wildman–Crippen MR) is 70.5 cm³/mol. The number of rotatable bonds is 6. The minimum absolute atomic E-state index is 0.00392. The molecule has 1 aromatic rings. The third kappa shape index (κ3) is 3.85. The van der Waals surface area contributed by atoms with E-state index in [-0.39, 0.29) is 6.04 Å². The van der Waals surface area contributed by atoms with Crippen molar-refractivity contribution in [2.45, 2.75) is 50.5 Å². The van der Waals surface area contributed by atoms with Gasteiger partial charge in [0.1, 0.15) is 12.4 Å². The largest absolute Gasteiger partial charge is 0.405 e. The predicted octanol–water partition coefficient (Wildman–Crippen LogP) is 2.86. The lowest BCUT2D eigenvalue weighted by Crippen LogP contribution is -2.36. The van der Waals surface area contributed by atoms with Crippen molar-refractivity contribution in [2.75, 3.05) is 11.4 Å². The van der Waals surface area contributed by atoms with Crippen LogP contribution in [0.4, 0.5) is 19.0 Å². The maximum absolute atomic E-state index is 12.7. The van der Waals surface area contributed by atoms with Crippen LogP contribution in [0.25, 0.3) is 0 Å². The second kappa shape index (κ2) is 5.24. The van der Waals surface area contributed by atoms with Crippen LogP contribution < -0.4 is 10.2 Å². The topological polar surface area (TPSA) is 28.2 Å². The highest BCUT2D eigenvalue weighted by Crippen LogP contribution is 2.33. The Morgan fingerprint density at radius 2 is 1.95 bits per heavy atom. The first-order valence-electron chi connectivity index (χ1n) is 7.04. The number of halogens is 3. The van der Waals surface area contributed by atoms with E-state index in [1.54, 1.807) is 12.1 Å². The zero-order chi connectivity index (χ0) is 14.2. The summed E-state index contributed by atoms with van der Waals surface area (Å²) in [6, 6.07) is 5.88. The highest BCUT2D eigenvalue weighted by molar-refractivity contribution is 5.42. The molecule has 110 valence electrons. The Morgan fingerprint density at radius 3 is 2.55 bits per heavy atom. The Balaban J connectivity index is 1.70. The molecule has 0 aliphatic heterocycles. The molecule has 1 N–H and O–H groups in total. The molecule has 2 aliphatic rings. The molecular formula is C14H18F3N3. The fraction of sp³-hybridized carbons (Fsp3) is 0.643. The normalized spacial score (nSPS) is 19.1. The molecule has 1 aromatic heterocycles. The zero-order valence-corrected chi connectivity index (χ0v) is 11.2. The maximum atomic E-state index is 12.7. The molecule has 20 heavy (non-hydrogen) atoms. The second-order valence-electron chi connectivity index (χ2n) is 5.62.